The third kappa shape index (κ3) is 4.85. The molecule has 0 aliphatic carbocycles. The fourth-order valence-corrected chi connectivity index (χ4v) is 3.30. The van der Waals surface area contributed by atoms with Gasteiger partial charge in [0.2, 0.25) is 29.1 Å². The topological polar surface area (TPSA) is 77.8 Å². The maximum absolute atomic E-state index is 13.7. The molecule has 0 atom stereocenters. The van der Waals surface area contributed by atoms with Crippen LogP contribution in [0.2, 0.25) is 0 Å². The molecule has 186 valence electrons. The third-order valence-electron chi connectivity index (χ3n) is 4.98. The van der Waals surface area contributed by atoms with Crippen molar-refractivity contribution in [2.45, 2.75) is 6.92 Å². The highest BCUT2D eigenvalue weighted by Crippen LogP contribution is 2.29. The number of ether oxygens (including phenoxy) is 2. The molecule has 0 spiro atoms. The molecule has 1 amide bonds. The summed E-state index contributed by atoms with van der Waals surface area (Å²) in [5.41, 5.74) is 0.515. The lowest BCUT2D eigenvalue weighted by Gasteiger charge is -2.11. The number of hydrogen-bond acceptors (Lipinski definition) is 5. The Morgan fingerprint density at radius 3 is 2.14 bits per heavy atom. The van der Waals surface area contributed by atoms with E-state index in [4.69, 9.17) is 9.15 Å². The second-order valence-corrected chi connectivity index (χ2v) is 7.38. The van der Waals surface area contributed by atoms with Crippen molar-refractivity contribution in [1.29, 1.82) is 0 Å². The van der Waals surface area contributed by atoms with E-state index < -0.39 is 47.3 Å². The van der Waals surface area contributed by atoms with Crippen LogP contribution in [0.15, 0.2) is 57.7 Å². The first-order chi connectivity index (χ1) is 17.2. The number of amides is 1. The zero-order valence-electron chi connectivity index (χ0n) is 18.5. The summed E-state index contributed by atoms with van der Waals surface area (Å²) in [6.07, 6.45) is 0. The number of halogens is 5. The van der Waals surface area contributed by atoms with Crippen molar-refractivity contribution >= 4 is 22.6 Å². The Kier molecular flexibility index (Phi) is 6.91. The molecule has 36 heavy (non-hydrogen) atoms. The second kappa shape index (κ2) is 10.1. The lowest BCUT2D eigenvalue weighted by atomic mass is 10.1. The maximum atomic E-state index is 13.7. The third-order valence-corrected chi connectivity index (χ3v) is 4.98. The smallest absolute Gasteiger partial charge is 0.262 e. The van der Waals surface area contributed by atoms with Crippen molar-refractivity contribution in [3.8, 4) is 22.8 Å². The van der Waals surface area contributed by atoms with Crippen molar-refractivity contribution in [3.05, 3.63) is 87.8 Å². The molecule has 0 bridgehead atoms. The molecule has 1 N–H and O–H groups in total. The highest BCUT2D eigenvalue weighted by Gasteiger charge is 2.27. The van der Waals surface area contributed by atoms with E-state index in [2.05, 4.69) is 10.1 Å². The van der Waals surface area contributed by atoms with Crippen LogP contribution in [-0.4, -0.2) is 19.1 Å². The number of nitrogens with one attached hydrogen (secondary N) is 1. The minimum Gasteiger partial charge on any atom is -0.494 e. The van der Waals surface area contributed by atoms with Gasteiger partial charge in [0.05, 0.1) is 12.0 Å². The number of fused-ring (bicyclic) bond motifs is 1. The molecule has 0 saturated heterocycles. The zero-order chi connectivity index (χ0) is 26.0. The van der Waals surface area contributed by atoms with Crippen molar-refractivity contribution in [2.75, 3.05) is 18.5 Å². The Bertz CT molecular complexity index is 1490. The van der Waals surface area contributed by atoms with E-state index in [1.807, 2.05) is 6.92 Å². The summed E-state index contributed by atoms with van der Waals surface area (Å²) >= 11 is 0. The average molecular weight is 505 g/mol. The van der Waals surface area contributed by atoms with E-state index in [1.54, 1.807) is 24.3 Å². The summed E-state index contributed by atoms with van der Waals surface area (Å²) in [5, 5.41) is 2.56. The van der Waals surface area contributed by atoms with Crippen LogP contribution in [-0.2, 0) is 4.79 Å². The van der Waals surface area contributed by atoms with Crippen LogP contribution in [0.1, 0.15) is 6.92 Å². The molecular weight excluding hydrogens is 489 g/mol. The first kappa shape index (κ1) is 24.7. The highest BCUT2D eigenvalue weighted by atomic mass is 19.2. The number of carbonyl (C=O) groups excluding carboxylic acids is 1. The van der Waals surface area contributed by atoms with Crippen LogP contribution in [0.3, 0.4) is 0 Å². The van der Waals surface area contributed by atoms with Crippen LogP contribution in [0.4, 0.5) is 27.6 Å². The molecule has 6 nitrogen and oxygen atoms in total. The summed E-state index contributed by atoms with van der Waals surface area (Å²) in [6.45, 7) is 1.27. The van der Waals surface area contributed by atoms with Crippen molar-refractivity contribution in [2.24, 2.45) is 0 Å². The van der Waals surface area contributed by atoms with Gasteiger partial charge in [0, 0.05) is 23.4 Å². The summed E-state index contributed by atoms with van der Waals surface area (Å²) in [5.74, 6) is -12.8. The number of hydrogen-bond donors (Lipinski definition) is 1. The second-order valence-electron chi connectivity index (χ2n) is 7.38. The number of anilines is 1. The van der Waals surface area contributed by atoms with Crippen molar-refractivity contribution in [3.63, 3.8) is 0 Å². The minimum atomic E-state index is -2.34. The predicted molar refractivity (Wildman–Crippen MR) is 119 cm³/mol. The summed E-state index contributed by atoms with van der Waals surface area (Å²) in [6, 6.07) is 12.2. The van der Waals surface area contributed by atoms with Gasteiger partial charge in [-0.05, 0) is 43.3 Å². The van der Waals surface area contributed by atoms with E-state index in [1.165, 1.54) is 24.3 Å². The summed E-state index contributed by atoms with van der Waals surface area (Å²) in [4.78, 5) is 24.7. The Labute approximate surface area is 199 Å². The Morgan fingerprint density at radius 2 is 1.50 bits per heavy atom. The van der Waals surface area contributed by atoms with E-state index in [9.17, 15) is 31.5 Å². The molecule has 0 aliphatic rings. The van der Waals surface area contributed by atoms with E-state index >= 15 is 0 Å². The lowest BCUT2D eigenvalue weighted by molar-refractivity contribution is -0.118. The van der Waals surface area contributed by atoms with E-state index in [0.29, 0.717) is 17.9 Å². The fraction of sp³-hybridized carbons (Fsp3) is 0.120. The van der Waals surface area contributed by atoms with Gasteiger partial charge in [-0.15, -0.1) is 0 Å². The summed E-state index contributed by atoms with van der Waals surface area (Å²) in [7, 11) is 0. The summed E-state index contributed by atoms with van der Waals surface area (Å²) < 4.78 is 82.8. The molecule has 0 fully saturated rings. The van der Waals surface area contributed by atoms with Gasteiger partial charge >= 0.3 is 0 Å². The van der Waals surface area contributed by atoms with Gasteiger partial charge in [-0.2, -0.15) is 8.78 Å². The molecule has 0 unspecified atom stereocenters. The van der Waals surface area contributed by atoms with E-state index in [0.717, 1.165) is 0 Å². The maximum Gasteiger partial charge on any atom is 0.262 e. The molecule has 1 aromatic heterocycles. The van der Waals surface area contributed by atoms with Crippen LogP contribution in [0.5, 0.6) is 11.5 Å². The number of benzene rings is 3. The first-order valence-corrected chi connectivity index (χ1v) is 10.4. The van der Waals surface area contributed by atoms with Gasteiger partial charge in [0.15, 0.2) is 17.8 Å². The van der Waals surface area contributed by atoms with Gasteiger partial charge in [0.1, 0.15) is 17.1 Å². The molecule has 0 aliphatic heterocycles. The molecule has 3 aromatic carbocycles. The number of carbonyl (C=O) groups is 1. The zero-order valence-corrected chi connectivity index (χ0v) is 18.5. The van der Waals surface area contributed by atoms with Crippen molar-refractivity contribution in [1.82, 2.24) is 0 Å². The monoisotopic (exact) mass is 505 g/mol. The lowest BCUT2D eigenvalue weighted by Crippen LogP contribution is -2.21. The van der Waals surface area contributed by atoms with Crippen LogP contribution in [0, 0.1) is 29.1 Å². The van der Waals surface area contributed by atoms with Gasteiger partial charge < -0.3 is 19.2 Å². The Morgan fingerprint density at radius 1 is 0.861 bits per heavy atom. The first-order valence-electron chi connectivity index (χ1n) is 10.4. The average Bonchev–Trinajstić information content (AvgIpc) is 2.86. The quantitative estimate of drug-likeness (QED) is 0.202. The largest absolute Gasteiger partial charge is 0.494 e. The molecular formula is C25H16F5NO5. The van der Waals surface area contributed by atoms with Crippen LogP contribution < -0.4 is 20.2 Å². The van der Waals surface area contributed by atoms with Crippen molar-refractivity contribution < 1.29 is 40.6 Å². The molecule has 4 aromatic rings. The Hall–Kier alpha value is -4.41. The molecule has 0 radical (unpaired) electrons. The SMILES string of the molecule is CCOc1ccc(-c2cc(=O)c3ccc(NC(=O)COc4c(F)c(F)c(F)c(F)c4F)cc3o2)cc1. The molecule has 0 saturated carbocycles. The molecule has 1 heterocycles. The van der Waals surface area contributed by atoms with Crippen LogP contribution >= 0.6 is 0 Å². The van der Waals surface area contributed by atoms with Crippen LogP contribution in [0.25, 0.3) is 22.3 Å². The highest BCUT2D eigenvalue weighted by molar-refractivity contribution is 5.94. The minimum absolute atomic E-state index is 0.125. The standard InChI is InChI=1S/C25H16F5NO5/c1-2-34-14-6-3-12(4-7-14)17-10-16(32)15-8-5-13(9-18(15)36-17)31-19(33)11-35-25-23(29)21(27)20(26)22(28)24(25)30/h3-10H,2,11H2,1H3,(H,31,33). The van der Waals surface area contributed by atoms with Gasteiger partial charge in [-0.1, -0.05) is 0 Å². The molecule has 4 rings (SSSR count). The van der Waals surface area contributed by atoms with E-state index in [-0.39, 0.29) is 27.8 Å². The van der Waals surface area contributed by atoms with Gasteiger partial charge in [0.25, 0.3) is 5.91 Å². The molecule has 11 heteroatoms. The number of rotatable bonds is 7. The predicted octanol–water partition coefficient (Wildman–Crippen LogP) is 5.57. The Balaban J connectivity index is 1.53. The fourth-order valence-electron chi connectivity index (χ4n) is 3.30. The normalized spacial score (nSPS) is 10.9. The van der Waals surface area contributed by atoms with Gasteiger partial charge in [-0.25, -0.2) is 13.2 Å². The van der Waals surface area contributed by atoms with Gasteiger partial charge in [-0.3, -0.25) is 9.59 Å².